The first-order valence-corrected chi connectivity index (χ1v) is 7.63. The Morgan fingerprint density at radius 2 is 1.68 bits per heavy atom. The molecule has 4 heteroatoms. The first-order chi connectivity index (χ1) is 10.8. The molecule has 0 aliphatic carbocycles. The SMILES string of the molecule is O=C(O)c1cccs1.c1ccc2c(c1)ccc1cccnc12. The van der Waals surface area contributed by atoms with Crippen LogP contribution in [0.25, 0.3) is 21.7 Å². The van der Waals surface area contributed by atoms with E-state index in [0.29, 0.717) is 4.88 Å². The van der Waals surface area contributed by atoms with Gasteiger partial charge in [0, 0.05) is 17.0 Å². The second-order valence-electron chi connectivity index (χ2n) is 4.64. The summed E-state index contributed by atoms with van der Waals surface area (Å²) in [5.74, 6) is -0.847. The first-order valence-electron chi connectivity index (χ1n) is 6.75. The van der Waals surface area contributed by atoms with Gasteiger partial charge < -0.3 is 5.11 Å². The van der Waals surface area contributed by atoms with E-state index >= 15 is 0 Å². The number of hydrogen-bond donors (Lipinski definition) is 1. The van der Waals surface area contributed by atoms with Crippen LogP contribution in [0.3, 0.4) is 0 Å². The van der Waals surface area contributed by atoms with Crippen molar-refractivity contribution in [2.75, 3.05) is 0 Å². The molecule has 0 fully saturated rings. The summed E-state index contributed by atoms with van der Waals surface area (Å²) in [6, 6.07) is 19.9. The summed E-state index contributed by atoms with van der Waals surface area (Å²) in [7, 11) is 0. The number of benzene rings is 2. The van der Waals surface area contributed by atoms with Gasteiger partial charge in [0.15, 0.2) is 0 Å². The monoisotopic (exact) mass is 307 g/mol. The predicted molar refractivity (Wildman–Crippen MR) is 90.5 cm³/mol. The molecular formula is C18H13NO2S. The van der Waals surface area contributed by atoms with Crippen LogP contribution in [0.1, 0.15) is 9.67 Å². The minimum absolute atomic E-state index is 0.394. The lowest BCUT2D eigenvalue weighted by atomic mass is 10.1. The zero-order valence-corrected chi connectivity index (χ0v) is 12.5. The largest absolute Gasteiger partial charge is 0.477 e. The third-order valence-corrected chi connectivity index (χ3v) is 4.09. The van der Waals surface area contributed by atoms with E-state index in [1.165, 1.54) is 27.5 Å². The number of carboxylic acid groups (broad SMARTS) is 1. The summed E-state index contributed by atoms with van der Waals surface area (Å²) in [5, 5.41) is 13.7. The number of aromatic carboxylic acids is 1. The predicted octanol–water partition coefficient (Wildman–Crippen LogP) is 4.83. The third kappa shape index (κ3) is 2.97. The standard InChI is InChI=1S/C13H9N.C5H4O2S/c1-2-6-12-10(4-1)7-8-11-5-3-9-14-13(11)12;6-5(7)4-2-1-3-8-4/h1-9H;1-3H,(H,6,7). The highest BCUT2D eigenvalue weighted by molar-refractivity contribution is 7.11. The molecular weight excluding hydrogens is 294 g/mol. The summed E-state index contributed by atoms with van der Waals surface area (Å²) in [5.41, 5.74) is 1.09. The Hall–Kier alpha value is -2.72. The highest BCUT2D eigenvalue weighted by atomic mass is 32.1. The van der Waals surface area contributed by atoms with Gasteiger partial charge in [-0.25, -0.2) is 4.79 Å². The number of fused-ring (bicyclic) bond motifs is 3. The van der Waals surface area contributed by atoms with Crippen LogP contribution in [0.5, 0.6) is 0 Å². The van der Waals surface area contributed by atoms with Crippen LogP contribution in [0, 0.1) is 0 Å². The lowest BCUT2D eigenvalue weighted by molar-refractivity contribution is 0.0702. The van der Waals surface area contributed by atoms with Crippen LogP contribution in [0.4, 0.5) is 0 Å². The van der Waals surface area contributed by atoms with Gasteiger partial charge in [-0.2, -0.15) is 0 Å². The maximum Gasteiger partial charge on any atom is 0.345 e. The van der Waals surface area contributed by atoms with Crippen molar-refractivity contribution in [3.8, 4) is 0 Å². The van der Waals surface area contributed by atoms with Crippen molar-refractivity contribution in [2.24, 2.45) is 0 Å². The molecule has 22 heavy (non-hydrogen) atoms. The Bertz CT molecular complexity index is 862. The van der Waals surface area contributed by atoms with Gasteiger partial charge in [0.1, 0.15) is 4.88 Å². The number of nitrogens with zero attached hydrogens (tertiary/aromatic N) is 1. The average Bonchev–Trinajstić information content (AvgIpc) is 3.10. The second-order valence-corrected chi connectivity index (χ2v) is 5.59. The summed E-state index contributed by atoms with van der Waals surface area (Å²) in [4.78, 5) is 14.9. The number of pyridine rings is 1. The minimum atomic E-state index is -0.847. The molecule has 0 saturated heterocycles. The number of aromatic nitrogens is 1. The normalized spacial score (nSPS) is 10.2. The van der Waals surface area contributed by atoms with Gasteiger partial charge >= 0.3 is 5.97 Å². The molecule has 0 spiro atoms. The molecule has 0 aliphatic heterocycles. The van der Waals surface area contributed by atoms with Gasteiger partial charge in [-0.3, -0.25) is 4.98 Å². The molecule has 0 amide bonds. The summed E-state index contributed by atoms with van der Waals surface area (Å²) in [6.45, 7) is 0. The van der Waals surface area contributed by atoms with E-state index in [-0.39, 0.29) is 0 Å². The van der Waals surface area contributed by atoms with Crippen molar-refractivity contribution in [2.45, 2.75) is 0 Å². The Labute approximate surface area is 131 Å². The number of carboxylic acids is 1. The molecule has 0 radical (unpaired) electrons. The van der Waals surface area contributed by atoms with Gasteiger partial charge in [-0.15, -0.1) is 11.3 Å². The molecule has 2 aromatic carbocycles. The first kappa shape index (κ1) is 14.2. The fraction of sp³-hybridized carbons (Fsp3) is 0. The maximum atomic E-state index is 10.1. The van der Waals surface area contributed by atoms with E-state index in [4.69, 9.17) is 5.11 Å². The van der Waals surface area contributed by atoms with Crippen LogP contribution in [-0.4, -0.2) is 16.1 Å². The molecule has 4 aromatic rings. The van der Waals surface area contributed by atoms with Gasteiger partial charge in [0.2, 0.25) is 0 Å². The topological polar surface area (TPSA) is 50.2 Å². The van der Waals surface area contributed by atoms with E-state index in [0.717, 1.165) is 5.52 Å². The van der Waals surface area contributed by atoms with E-state index in [1.807, 2.05) is 12.3 Å². The molecule has 4 rings (SSSR count). The quantitative estimate of drug-likeness (QED) is 0.512. The lowest BCUT2D eigenvalue weighted by Gasteiger charge is -2.01. The Morgan fingerprint density at radius 1 is 0.909 bits per heavy atom. The highest BCUT2D eigenvalue weighted by Crippen LogP contribution is 2.22. The molecule has 0 aliphatic rings. The molecule has 108 valence electrons. The summed E-state index contributed by atoms with van der Waals surface area (Å²) in [6.07, 6.45) is 1.84. The van der Waals surface area contributed by atoms with E-state index in [2.05, 4.69) is 47.4 Å². The fourth-order valence-corrected chi connectivity index (χ4v) is 2.78. The van der Waals surface area contributed by atoms with Gasteiger partial charge in [-0.05, 0) is 22.9 Å². The second kappa shape index (κ2) is 6.37. The molecule has 3 nitrogen and oxygen atoms in total. The molecule has 1 N–H and O–H groups in total. The van der Waals surface area contributed by atoms with Crippen LogP contribution in [-0.2, 0) is 0 Å². The number of thiophene rings is 1. The average molecular weight is 307 g/mol. The van der Waals surface area contributed by atoms with Crippen LogP contribution in [0.2, 0.25) is 0 Å². The van der Waals surface area contributed by atoms with E-state index in [9.17, 15) is 4.79 Å². The van der Waals surface area contributed by atoms with Crippen LogP contribution >= 0.6 is 11.3 Å². The minimum Gasteiger partial charge on any atom is -0.477 e. The van der Waals surface area contributed by atoms with E-state index < -0.39 is 5.97 Å². The maximum absolute atomic E-state index is 10.1. The summed E-state index contributed by atoms with van der Waals surface area (Å²) < 4.78 is 0. The van der Waals surface area contributed by atoms with Gasteiger partial charge in [0.05, 0.1) is 5.52 Å². The van der Waals surface area contributed by atoms with Crippen molar-refractivity contribution in [3.63, 3.8) is 0 Å². The third-order valence-electron chi connectivity index (χ3n) is 3.23. The van der Waals surface area contributed by atoms with Gasteiger partial charge in [0.25, 0.3) is 0 Å². The van der Waals surface area contributed by atoms with Crippen molar-refractivity contribution in [1.82, 2.24) is 4.98 Å². The highest BCUT2D eigenvalue weighted by Gasteiger charge is 1.99. The molecule has 0 unspecified atom stereocenters. The van der Waals surface area contributed by atoms with E-state index in [1.54, 1.807) is 17.5 Å². The molecule has 0 saturated carbocycles. The Balaban J connectivity index is 0.000000154. The Morgan fingerprint density at radius 3 is 2.41 bits per heavy atom. The smallest absolute Gasteiger partial charge is 0.345 e. The molecule has 2 heterocycles. The number of carbonyl (C=O) groups is 1. The van der Waals surface area contributed by atoms with Crippen molar-refractivity contribution in [3.05, 3.63) is 77.1 Å². The zero-order chi connectivity index (χ0) is 15.4. The lowest BCUT2D eigenvalue weighted by Crippen LogP contribution is -1.89. The molecule has 0 atom stereocenters. The van der Waals surface area contributed by atoms with Crippen LogP contribution < -0.4 is 0 Å². The molecule has 2 aromatic heterocycles. The molecule has 0 bridgehead atoms. The summed E-state index contributed by atoms with van der Waals surface area (Å²) >= 11 is 1.23. The number of rotatable bonds is 1. The van der Waals surface area contributed by atoms with Crippen LogP contribution in [0.15, 0.2) is 72.2 Å². The zero-order valence-electron chi connectivity index (χ0n) is 11.6. The number of hydrogen-bond acceptors (Lipinski definition) is 3. The Kier molecular flexibility index (Phi) is 4.12. The fourth-order valence-electron chi connectivity index (χ4n) is 2.22. The van der Waals surface area contributed by atoms with Crippen molar-refractivity contribution in [1.29, 1.82) is 0 Å². The van der Waals surface area contributed by atoms with Gasteiger partial charge in [-0.1, -0.05) is 48.5 Å². The van der Waals surface area contributed by atoms with Crippen molar-refractivity contribution < 1.29 is 9.90 Å². The van der Waals surface area contributed by atoms with Crippen molar-refractivity contribution >= 4 is 39.0 Å².